The molecule has 1 saturated heterocycles. The van der Waals surface area contributed by atoms with Crippen molar-refractivity contribution >= 4 is 41.7 Å². The number of aliphatic imine (C=N–C) groups is 1. The molecule has 2 N–H and O–H groups in total. The van der Waals surface area contributed by atoms with E-state index < -0.39 is 0 Å². The molecule has 0 aromatic heterocycles. The van der Waals surface area contributed by atoms with E-state index in [9.17, 15) is 0 Å². The summed E-state index contributed by atoms with van der Waals surface area (Å²) < 4.78 is 0. The number of thioether (sulfide) groups is 1. The van der Waals surface area contributed by atoms with Crippen LogP contribution in [-0.2, 0) is 6.54 Å². The third-order valence-electron chi connectivity index (χ3n) is 4.87. The van der Waals surface area contributed by atoms with Crippen LogP contribution in [0.4, 0.5) is 0 Å². The zero-order valence-corrected chi connectivity index (χ0v) is 20.4. The lowest BCUT2D eigenvalue weighted by Crippen LogP contribution is -2.38. The van der Waals surface area contributed by atoms with E-state index in [1.807, 2.05) is 7.05 Å². The van der Waals surface area contributed by atoms with E-state index in [0.29, 0.717) is 0 Å². The first-order chi connectivity index (χ1) is 12.6. The van der Waals surface area contributed by atoms with Crippen LogP contribution in [0.15, 0.2) is 28.1 Å². The molecule has 2 rings (SSSR count). The van der Waals surface area contributed by atoms with Crippen molar-refractivity contribution in [3.63, 3.8) is 0 Å². The van der Waals surface area contributed by atoms with Gasteiger partial charge in [0.25, 0.3) is 0 Å². The van der Waals surface area contributed by atoms with Crippen molar-refractivity contribution < 1.29 is 0 Å². The number of benzene rings is 1. The van der Waals surface area contributed by atoms with Crippen molar-refractivity contribution in [1.29, 1.82) is 0 Å². The molecular weight excluding hydrogens is 469 g/mol. The Hall–Kier alpha value is -0.510. The lowest BCUT2D eigenvalue weighted by molar-refractivity contribution is 0.274. The summed E-state index contributed by atoms with van der Waals surface area (Å²) in [5.41, 5.74) is 2.63. The molecule has 154 valence electrons. The molecule has 1 fully saturated rings. The summed E-state index contributed by atoms with van der Waals surface area (Å²) in [7, 11) is 4.06. The van der Waals surface area contributed by atoms with Crippen LogP contribution in [0.1, 0.15) is 24.0 Å². The van der Waals surface area contributed by atoms with Gasteiger partial charge in [-0.15, -0.1) is 35.7 Å². The topological polar surface area (TPSA) is 42.9 Å². The maximum Gasteiger partial charge on any atom is 0.191 e. The minimum absolute atomic E-state index is 0. The van der Waals surface area contributed by atoms with Crippen LogP contribution in [0.3, 0.4) is 0 Å². The molecule has 1 aromatic rings. The number of likely N-dealkylation sites (N-methyl/N-ethyl adjacent to an activating group) is 1. The van der Waals surface area contributed by atoms with Crippen LogP contribution in [0.25, 0.3) is 0 Å². The summed E-state index contributed by atoms with van der Waals surface area (Å²) in [4.78, 5) is 10.7. The van der Waals surface area contributed by atoms with Gasteiger partial charge < -0.3 is 20.4 Å². The second-order valence-corrected chi connectivity index (χ2v) is 7.87. The summed E-state index contributed by atoms with van der Waals surface area (Å²) in [5, 5.41) is 6.89. The first-order valence-electron chi connectivity index (χ1n) is 9.61. The van der Waals surface area contributed by atoms with Gasteiger partial charge in [0.1, 0.15) is 0 Å². The second-order valence-electron chi connectivity index (χ2n) is 7.02. The molecule has 0 saturated carbocycles. The van der Waals surface area contributed by atoms with Crippen LogP contribution in [0.5, 0.6) is 0 Å². The average Bonchev–Trinajstić information content (AvgIpc) is 2.86. The van der Waals surface area contributed by atoms with Gasteiger partial charge in [0, 0.05) is 38.1 Å². The Bertz CT molecular complexity index is 581. The number of nitrogens with zero attached hydrogens (tertiary/aromatic N) is 3. The molecule has 0 bridgehead atoms. The highest BCUT2D eigenvalue weighted by atomic mass is 127. The van der Waals surface area contributed by atoms with Crippen molar-refractivity contribution in [1.82, 2.24) is 20.4 Å². The molecule has 1 heterocycles. The second kappa shape index (κ2) is 13.6. The molecule has 0 amide bonds. The molecule has 0 spiro atoms. The summed E-state index contributed by atoms with van der Waals surface area (Å²) in [6, 6.07) is 6.62. The molecule has 0 unspecified atom stereocenters. The molecule has 0 radical (unpaired) electrons. The number of hydrogen-bond acceptors (Lipinski definition) is 4. The molecule has 0 atom stereocenters. The van der Waals surface area contributed by atoms with Gasteiger partial charge >= 0.3 is 0 Å². The van der Waals surface area contributed by atoms with Gasteiger partial charge in [-0.1, -0.05) is 12.1 Å². The monoisotopic (exact) mass is 505 g/mol. The third kappa shape index (κ3) is 9.02. The van der Waals surface area contributed by atoms with Gasteiger partial charge in [0.05, 0.1) is 0 Å². The number of aryl methyl sites for hydroxylation is 1. The molecule has 1 aromatic carbocycles. The van der Waals surface area contributed by atoms with Gasteiger partial charge in [-0.25, -0.2) is 0 Å². The maximum absolute atomic E-state index is 4.35. The maximum atomic E-state index is 4.35. The van der Waals surface area contributed by atoms with Gasteiger partial charge in [0.15, 0.2) is 5.96 Å². The molecular formula is C20H36IN5S. The lowest BCUT2D eigenvalue weighted by atomic mass is 10.1. The SMILES string of the molecule is CN=C(NCCCN1CCCN(C)CC1)NCc1ccc(C)cc1SC.I. The van der Waals surface area contributed by atoms with Crippen molar-refractivity contribution in [3.05, 3.63) is 29.3 Å². The molecule has 1 aliphatic heterocycles. The highest BCUT2D eigenvalue weighted by molar-refractivity contribution is 14.0. The van der Waals surface area contributed by atoms with Gasteiger partial charge in [-0.05, 0) is 69.9 Å². The highest BCUT2D eigenvalue weighted by Crippen LogP contribution is 2.21. The third-order valence-corrected chi connectivity index (χ3v) is 5.69. The summed E-state index contributed by atoms with van der Waals surface area (Å²) in [5.74, 6) is 0.883. The van der Waals surface area contributed by atoms with E-state index in [4.69, 9.17) is 0 Å². The molecule has 27 heavy (non-hydrogen) atoms. The minimum Gasteiger partial charge on any atom is -0.356 e. The largest absolute Gasteiger partial charge is 0.356 e. The summed E-state index contributed by atoms with van der Waals surface area (Å²) in [6.07, 6.45) is 4.55. The Kier molecular flexibility index (Phi) is 12.4. The Morgan fingerprint density at radius 1 is 1.19 bits per heavy atom. The molecule has 5 nitrogen and oxygen atoms in total. The van der Waals surface area contributed by atoms with E-state index in [-0.39, 0.29) is 24.0 Å². The van der Waals surface area contributed by atoms with E-state index in [1.54, 1.807) is 11.8 Å². The number of halogens is 1. The van der Waals surface area contributed by atoms with Gasteiger partial charge in [-0.2, -0.15) is 0 Å². The fourth-order valence-electron chi connectivity index (χ4n) is 3.23. The zero-order valence-electron chi connectivity index (χ0n) is 17.3. The van der Waals surface area contributed by atoms with Crippen molar-refractivity contribution in [2.45, 2.75) is 31.2 Å². The molecule has 1 aliphatic rings. The quantitative estimate of drug-likeness (QED) is 0.196. The summed E-state index contributed by atoms with van der Waals surface area (Å²) in [6.45, 7) is 9.87. The molecule has 7 heteroatoms. The Labute approximate surface area is 186 Å². The lowest BCUT2D eigenvalue weighted by Gasteiger charge is -2.20. The van der Waals surface area contributed by atoms with Gasteiger partial charge in [-0.3, -0.25) is 4.99 Å². The van der Waals surface area contributed by atoms with Crippen molar-refractivity contribution in [3.8, 4) is 0 Å². The van der Waals surface area contributed by atoms with Gasteiger partial charge in [0.2, 0.25) is 0 Å². The smallest absolute Gasteiger partial charge is 0.191 e. The number of guanidine groups is 1. The van der Waals surface area contributed by atoms with Crippen molar-refractivity contribution in [2.75, 3.05) is 59.6 Å². The molecule has 0 aliphatic carbocycles. The Balaban J connectivity index is 0.00000364. The highest BCUT2D eigenvalue weighted by Gasteiger charge is 2.11. The standard InChI is InChI=1S/C20H35N5S.HI/c1-17-7-8-18(19(15-17)26-4)16-23-20(21-2)22-9-5-11-25-12-6-10-24(3)13-14-25;/h7-8,15H,5-6,9-14,16H2,1-4H3,(H2,21,22,23);1H. The van der Waals surface area contributed by atoms with Crippen LogP contribution in [0, 0.1) is 6.92 Å². The van der Waals surface area contributed by atoms with E-state index in [1.165, 1.54) is 48.6 Å². The zero-order chi connectivity index (χ0) is 18.8. The first-order valence-corrected chi connectivity index (χ1v) is 10.8. The first kappa shape index (κ1) is 24.5. The average molecular weight is 506 g/mol. The predicted octanol–water partition coefficient (Wildman–Crippen LogP) is 3.03. The van der Waals surface area contributed by atoms with Crippen LogP contribution in [0.2, 0.25) is 0 Å². The number of rotatable bonds is 7. The normalized spacial score (nSPS) is 16.5. The Morgan fingerprint density at radius 3 is 2.74 bits per heavy atom. The fourth-order valence-corrected chi connectivity index (χ4v) is 3.94. The fraction of sp³-hybridized carbons (Fsp3) is 0.650. The minimum atomic E-state index is 0. The van der Waals surface area contributed by atoms with Crippen LogP contribution < -0.4 is 10.6 Å². The van der Waals surface area contributed by atoms with Crippen molar-refractivity contribution in [2.24, 2.45) is 4.99 Å². The van der Waals surface area contributed by atoms with Crippen LogP contribution >= 0.6 is 35.7 Å². The number of hydrogen-bond donors (Lipinski definition) is 2. The van der Waals surface area contributed by atoms with E-state index in [2.05, 4.69) is 63.9 Å². The Morgan fingerprint density at radius 2 is 2.00 bits per heavy atom. The number of nitrogens with one attached hydrogen (secondary N) is 2. The summed E-state index contributed by atoms with van der Waals surface area (Å²) >= 11 is 1.80. The predicted molar refractivity (Wildman–Crippen MR) is 130 cm³/mol. The van der Waals surface area contributed by atoms with E-state index >= 15 is 0 Å². The van der Waals surface area contributed by atoms with E-state index in [0.717, 1.165) is 32.0 Å². The van der Waals surface area contributed by atoms with Crippen LogP contribution in [-0.4, -0.2) is 75.4 Å².